The second-order valence-corrected chi connectivity index (χ2v) is 14.3. The zero-order valence-electron chi connectivity index (χ0n) is 25.3. The van der Waals surface area contributed by atoms with E-state index in [9.17, 15) is 0 Å². The minimum atomic E-state index is -2.60. The fourth-order valence-electron chi connectivity index (χ4n) is 5.42. The molecule has 0 aliphatic rings. The summed E-state index contributed by atoms with van der Waals surface area (Å²) in [6.07, 6.45) is 13.8. The molecule has 0 unspecified atom stereocenters. The van der Waals surface area contributed by atoms with Crippen LogP contribution in [0.1, 0.15) is 19.4 Å². The van der Waals surface area contributed by atoms with Gasteiger partial charge in [0, 0.05) is 0 Å². The molecule has 4 aromatic rings. The summed E-state index contributed by atoms with van der Waals surface area (Å²) in [7, 11) is -2.60. The minimum absolute atomic E-state index is 0.832. The second kappa shape index (κ2) is 14.8. The zero-order chi connectivity index (χ0) is 30.7. The van der Waals surface area contributed by atoms with Crippen molar-refractivity contribution in [2.75, 3.05) is 0 Å². The van der Waals surface area contributed by atoms with E-state index in [1.54, 1.807) is 6.08 Å². The van der Waals surface area contributed by atoms with Gasteiger partial charge in [-0.1, -0.05) is 178 Å². The Morgan fingerprint density at radius 3 is 1.51 bits per heavy atom. The maximum atomic E-state index is 4.51. The first-order valence-corrected chi connectivity index (χ1v) is 16.6. The highest BCUT2D eigenvalue weighted by molar-refractivity contribution is 7.19. The van der Waals surface area contributed by atoms with Gasteiger partial charge in [0.15, 0.2) is 8.07 Å². The SMILES string of the molecule is C=CC=CC(=C)C(=C)C=C(C(=C)C(C)=CC=CC)c1ccc([Si](c2ccccc2)(c2ccccc2)c2ccccc2)cc1. The van der Waals surface area contributed by atoms with Gasteiger partial charge >= 0.3 is 0 Å². The largest absolute Gasteiger partial charge is 0.179 e. The Balaban J connectivity index is 1.93. The standard InChI is InChI=1S/C42H40Si/c1-7-9-20-33(3)35(5)32-42(36(6)34(4)21-10-8-2)37-28-30-41(31-29-37)43(38-22-14-11-15-23-38,39-24-16-12-17-25-39)40-26-18-13-19-27-40/h7-32H,1,3,5-6H2,2,4H3. The summed E-state index contributed by atoms with van der Waals surface area (Å²) in [5, 5.41) is 5.38. The molecule has 0 atom stereocenters. The lowest BCUT2D eigenvalue weighted by Crippen LogP contribution is -2.74. The van der Waals surface area contributed by atoms with Gasteiger partial charge in [-0.15, -0.1) is 0 Å². The maximum Gasteiger partial charge on any atom is 0.179 e. The summed E-state index contributed by atoms with van der Waals surface area (Å²) in [5.41, 5.74) is 5.81. The molecule has 1 heteroatoms. The summed E-state index contributed by atoms with van der Waals surface area (Å²) in [4.78, 5) is 0. The predicted molar refractivity (Wildman–Crippen MR) is 193 cm³/mol. The van der Waals surface area contributed by atoms with Gasteiger partial charge in [0.05, 0.1) is 0 Å². The Morgan fingerprint density at radius 1 is 0.605 bits per heavy atom. The van der Waals surface area contributed by atoms with Gasteiger partial charge < -0.3 is 0 Å². The van der Waals surface area contributed by atoms with E-state index in [4.69, 9.17) is 0 Å². The summed E-state index contributed by atoms with van der Waals surface area (Å²) in [6, 6.07) is 42.0. The molecule has 0 heterocycles. The Hall–Kier alpha value is -4.98. The van der Waals surface area contributed by atoms with Crippen LogP contribution in [-0.4, -0.2) is 8.07 Å². The van der Waals surface area contributed by atoms with Crippen molar-refractivity contribution in [3.8, 4) is 0 Å². The van der Waals surface area contributed by atoms with Crippen molar-refractivity contribution < 1.29 is 0 Å². The molecule has 4 aromatic carbocycles. The molecule has 0 aliphatic carbocycles. The van der Waals surface area contributed by atoms with E-state index in [1.807, 2.05) is 31.2 Å². The van der Waals surface area contributed by atoms with Crippen LogP contribution in [0.25, 0.3) is 5.57 Å². The van der Waals surface area contributed by atoms with Crippen LogP contribution in [0.2, 0.25) is 0 Å². The van der Waals surface area contributed by atoms with Crippen molar-refractivity contribution in [1.29, 1.82) is 0 Å². The smallest absolute Gasteiger partial charge is 0.0991 e. The average molecular weight is 573 g/mol. The fraction of sp³-hybridized carbons (Fsp3) is 0.0476. The number of hydrogen-bond donors (Lipinski definition) is 0. The van der Waals surface area contributed by atoms with Crippen molar-refractivity contribution in [3.63, 3.8) is 0 Å². The van der Waals surface area contributed by atoms with E-state index in [0.29, 0.717) is 0 Å². The van der Waals surface area contributed by atoms with Crippen LogP contribution in [-0.2, 0) is 0 Å². The normalized spacial score (nSPS) is 12.4. The monoisotopic (exact) mass is 572 g/mol. The molecule has 0 aromatic heterocycles. The molecule has 0 aliphatic heterocycles. The van der Waals surface area contributed by atoms with Gasteiger partial charge in [-0.05, 0) is 74.1 Å². The highest BCUT2D eigenvalue weighted by Crippen LogP contribution is 2.30. The van der Waals surface area contributed by atoms with E-state index in [1.165, 1.54) is 20.7 Å². The third-order valence-corrected chi connectivity index (χ3v) is 12.6. The quantitative estimate of drug-likeness (QED) is 0.0909. The molecule has 212 valence electrons. The van der Waals surface area contributed by atoms with Gasteiger partial charge in [-0.25, -0.2) is 0 Å². The van der Waals surface area contributed by atoms with E-state index >= 15 is 0 Å². The van der Waals surface area contributed by atoms with Gasteiger partial charge in [0.25, 0.3) is 0 Å². The predicted octanol–water partition coefficient (Wildman–Crippen LogP) is 8.38. The maximum absolute atomic E-state index is 4.51. The van der Waals surface area contributed by atoms with Crippen LogP contribution in [0.15, 0.2) is 206 Å². The lowest BCUT2D eigenvalue weighted by Gasteiger charge is -2.34. The summed E-state index contributed by atoms with van der Waals surface area (Å²) in [6.45, 7) is 20.9. The number of benzene rings is 4. The van der Waals surface area contributed by atoms with Gasteiger partial charge in [0.1, 0.15) is 0 Å². The van der Waals surface area contributed by atoms with Crippen molar-refractivity contribution in [3.05, 3.63) is 212 Å². The van der Waals surface area contributed by atoms with Gasteiger partial charge in [0.2, 0.25) is 0 Å². The van der Waals surface area contributed by atoms with E-state index in [2.05, 4.69) is 161 Å². The molecule has 0 saturated carbocycles. The first-order valence-electron chi connectivity index (χ1n) is 14.6. The van der Waals surface area contributed by atoms with Crippen molar-refractivity contribution in [2.24, 2.45) is 0 Å². The molecule has 0 saturated heterocycles. The molecule has 0 fully saturated rings. The van der Waals surface area contributed by atoms with Crippen molar-refractivity contribution in [2.45, 2.75) is 13.8 Å². The Kier molecular flexibility index (Phi) is 10.6. The van der Waals surface area contributed by atoms with Crippen LogP contribution >= 0.6 is 0 Å². The fourth-order valence-corrected chi connectivity index (χ4v) is 10.2. The lowest BCUT2D eigenvalue weighted by molar-refractivity contribution is 1.43. The molecule has 0 radical (unpaired) electrons. The molecule has 0 nitrogen and oxygen atoms in total. The van der Waals surface area contributed by atoms with Gasteiger partial charge in [-0.2, -0.15) is 0 Å². The van der Waals surface area contributed by atoms with Gasteiger partial charge in [-0.3, -0.25) is 0 Å². The second-order valence-electron chi connectivity index (χ2n) is 10.5. The van der Waals surface area contributed by atoms with Crippen molar-refractivity contribution >= 4 is 34.4 Å². The molecule has 0 bridgehead atoms. The van der Waals surface area contributed by atoms with Crippen LogP contribution in [0.3, 0.4) is 0 Å². The third kappa shape index (κ3) is 6.92. The van der Waals surface area contributed by atoms with Crippen molar-refractivity contribution in [1.82, 2.24) is 0 Å². The third-order valence-electron chi connectivity index (χ3n) is 7.75. The molecule has 4 rings (SSSR count). The topological polar surface area (TPSA) is 0 Å². The Bertz CT molecular complexity index is 1600. The van der Waals surface area contributed by atoms with E-state index in [-0.39, 0.29) is 0 Å². The molecule has 0 spiro atoms. The minimum Gasteiger partial charge on any atom is -0.0991 e. The highest BCUT2D eigenvalue weighted by Gasteiger charge is 2.41. The first kappa shape index (κ1) is 31.0. The average Bonchev–Trinajstić information content (AvgIpc) is 3.06. The van der Waals surface area contributed by atoms with E-state index in [0.717, 1.165) is 33.4 Å². The Morgan fingerprint density at radius 2 is 1.07 bits per heavy atom. The van der Waals surface area contributed by atoms with Crippen LogP contribution in [0.5, 0.6) is 0 Å². The summed E-state index contributed by atoms with van der Waals surface area (Å²) >= 11 is 0. The molecule has 0 amide bonds. The summed E-state index contributed by atoms with van der Waals surface area (Å²) in [5.74, 6) is 0. The molecule has 43 heavy (non-hydrogen) atoms. The van der Waals surface area contributed by atoms with Crippen LogP contribution in [0, 0.1) is 0 Å². The molecular formula is C42H40Si. The van der Waals surface area contributed by atoms with Crippen LogP contribution in [0.4, 0.5) is 0 Å². The number of allylic oxidation sites excluding steroid dienone is 12. The van der Waals surface area contributed by atoms with E-state index < -0.39 is 8.07 Å². The molecular weight excluding hydrogens is 533 g/mol. The zero-order valence-corrected chi connectivity index (χ0v) is 26.3. The Labute approximate surface area is 259 Å². The lowest BCUT2D eigenvalue weighted by atomic mass is 9.91. The first-order chi connectivity index (χ1) is 20.9. The highest BCUT2D eigenvalue weighted by atomic mass is 28.3. The van der Waals surface area contributed by atoms with Crippen LogP contribution < -0.4 is 20.7 Å². The molecule has 0 N–H and O–H groups in total. The summed E-state index contributed by atoms with van der Waals surface area (Å²) < 4.78 is 0. The number of rotatable bonds is 12. The number of hydrogen-bond acceptors (Lipinski definition) is 0.